The number of hydrogen-bond donors (Lipinski definition) is 0. The van der Waals surface area contributed by atoms with Crippen molar-refractivity contribution >= 4 is 10.9 Å². The molecule has 1 saturated carbocycles. The van der Waals surface area contributed by atoms with Crippen LogP contribution in [0.1, 0.15) is 18.9 Å². The minimum absolute atomic E-state index is 0.751. The summed E-state index contributed by atoms with van der Waals surface area (Å²) in [5, 5.41) is 1.27. The van der Waals surface area contributed by atoms with Crippen LogP contribution in [0.5, 0.6) is 5.75 Å². The Morgan fingerprint density at radius 2 is 2.14 bits per heavy atom. The van der Waals surface area contributed by atoms with Crippen molar-refractivity contribution in [3.63, 3.8) is 0 Å². The molecule has 0 saturated heterocycles. The molecule has 0 unspecified atom stereocenters. The molecule has 0 N–H and O–H groups in total. The molecule has 1 fully saturated rings. The van der Waals surface area contributed by atoms with Crippen LogP contribution < -0.4 is 4.74 Å². The lowest BCUT2D eigenvalue weighted by molar-refractivity contribution is 0.415. The first-order chi connectivity index (χ1) is 6.88. The fraction of sp³-hybridized carbons (Fsp3) is 0.333. The number of methoxy groups -OCH3 is 1. The monoisotopic (exact) mass is 187 g/mol. The second-order valence-corrected chi connectivity index (χ2v) is 3.88. The Balaban J connectivity index is 2.17. The largest absolute Gasteiger partial charge is 0.497 e. The molecule has 0 atom stereocenters. The van der Waals surface area contributed by atoms with Gasteiger partial charge in [0.05, 0.1) is 7.11 Å². The van der Waals surface area contributed by atoms with E-state index in [-0.39, 0.29) is 0 Å². The van der Waals surface area contributed by atoms with E-state index < -0.39 is 0 Å². The van der Waals surface area contributed by atoms with E-state index >= 15 is 0 Å². The summed E-state index contributed by atoms with van der Waals surface area (Å²) in [5.74, 6) is 0.936. The molecule has 1 aliphatic rings. The third kappa shape index (κ3) is 1.10. The summed E-state index contributed by atoms with van der Waals surface area (Å²) in [4.78, 5) is 0. The van der Waals surface area contributed by atoms with Crippen molar-refractivity contribution in [2.75, 3.05) is 7.11 Å². The molecule has 0 spiro atoms. The minimum Gasteiger partial charge on any atom is -0.497 e. The van der Waals surface area contributed by atoms with Gasteiger partial charge in [-0.05, 0) is 37.1 Å². The zero-order chi connectivity index (χ0) is 9.54. The molecule has 1 aromatic heterocycles. The van der Waals surface area contributed by atoms with Crippen molar-refractivity contribution in [1.82, 2.24) is 4.57 Å². The van der Waals surface area contributed by atoms with E-state index in [1.807, 2.05) is 6.07 Å². The lowest BCUT2D eigenvalue weighted by Gasteiger charge is -2.03. The second kappa shape index (κ2) is 2.77. The highest BCUT2D eigenvalue weighted by atomic mass is 16.5. The number of ether oxygens (including phenoxy) is 1. The topological polar surface area (TPSA) is 14.2 Å². The number of rotatable bonds is 2. The molecular formula is C12H13NO. The maximum Gasteiger partial charge on any atom is 0.119 e. The van der Waals surface area contributed by atoms with E-state index in [2.05, 4.69) is 29.0 Å². The van der Waals surface area contributed by atoms with Gasteiger partial charge in [-0.15, -0.1) is 0 Å². The summed E-state index contributed by atoms with van der Waals surface area (Å²) >= 11 is 0. The quantitative estimate of drug-likeness (QED) is 0.705. The highest BCUT2D eigenvalue weighted by Gasteiger charge is 2.24. The predicted octanol–water partition coefficient (Wildman–Crippen LogP) is 2.98. The first-order valence-electron chi connectivity index (χ1n) is 5.03. The van der Waals surface area contributed by atoms with E-state index in [0.29, 0.717) is 0 Å². The number of nitrogens with zero attached hydrogens (tertiary/aromatic N) is 1. The maximum atomic E-state index is 5.20. The van der Waals surface area contributed by atoms with E-state index in [1.165, 1.54) is 23.7 Å². The van der Waals surface area contributed by atoms with Crippen LogP contribution in [0.15, 0.2) is 30.5 Å². The first-order valence-corrected chi connectivity index (χ1v) is 5.03. The van der Waals surface area contributed by atoms with Crippen LogP contribution in [0.3, 0.4) is 0 Å². The second-order valence-electron chi connectivity index (χ2n) is 3.88. The molecule has 1 aliphatic carbocycles. The molecule has 1 heterocycles. The summed E-state index contributed by atoms with van der Waals surface area (Å²) in [6.45, 7) is 0. The minimum atomic E-state index is 0.751. The van der Waals surface area contributed by atoms with Gasteiger partial charge in [-0.25, -0.2) is 0 Å². The van der Waals surface area contributed by atoms with Gasteiger partial charge in [0.2, 0.25) is 0 Å². The fourth-order valence-corrected chi connectivity index (χ4v) is 1.94. The van der Waals surface area contributed by atoms with Gasteiger partial charge in [0.25, 0.3) is 0 Å². The lowest BCUT2D eigenvalue weighted by Crippen LogP contribution is -1.90. The summed E-state index contributed by atoms with van der Waals surface area (Å²) in [7, 11) is 1.71. The van der Waals surface area contributed by atoms with Crippen LogP contribution in [0, 0.1) is 0 Å². The number of benzene rings is 1. The maximum absolute atomic E-state index is 5.20. The van der Waals surface area contributed by atoms with Crippen LogP contribution in [0.25, 0.3) is 10.9 Å². The van der Waals surface area contributed by atoms with Gasteiger partial charge in [-0.2, -0.15) is 0 Å². The van der Waals surface area contributed by atoms with Crippen LogP contribution in [0.2, 0.25) is 0 Å². The normalized spacial score (nSPS) is 16.1. The van der Waals surface area contributed by atoms with E-state index in [4.69, 9.17) is 4.74 Å². The molecule has 0 bridgehead atoms. The number of aromatic nitrogens is 1. The predicted molar refractivity (Wildman–Crippen MR) is 56.8 cm³/mol. The molecule has 2 heteroatoms. The first kappa shape index (κ1) is 7.92. The molecule has 2 aromatic rings. The molecule has 3 rings (SSSR count). The summed E-state index contributed by atoms with van der Waals surface area (Å²) in [6, 6.07) is 9.18. The molecule has 2 nitrogen and oxygen atoms in total. The number of fused-ring (bicyclic) bond motifs is 1. The molecule has 72 valence electrons. The number of hydrogen-bond acceptors (Lipinski definition) is 1. The average molecular weight is 187 g/mol. The van der Waals surface area contributed by atoms with Crippen molar-refractivity contribution < 1.29 is 4.74 Å². The highest BCUT2D eigenvalue weighted by Crippen LogP contribution is 2.38. The van der Waals surface area contributed by atoms with Crippen molar-refractivity contribution in [2.45, 2.75) is 18.9 Å². The van der Waals surface area contributed by atoms with Gasteiger partial charge in [0.15, 0.2) is 0 Å². The van der Waals surface area contributed by atoms with Crippen molar-refractivity contribution in [3.8, 4) is 5.75 Å². The standard InChI is InChI=1S/C12H13NO/c1-14-11-4-5-12-9(8-11)6-7-13(12)10-2-3-10/h4-8,10H,2-3H2,1H3. The zero-order valence-corrected chi connectivity index (χ0v) is 8.23. The van der Waals surface area contributed by atoms with Gasteiger partial charge in [-0.1, -0.05) is 0 Å². The van der Waals surface area contributed by atoms with Crippen LogP contribution in [-0.2, 0) is 0 Å². The molecular weight excluding hydrogens is 174 g/mol. The van der Waals surface area contributed by atoms with Gasteiger partial charge >= 0.3 is 0 Å². The molecule has 0 aliphatic heterocycles. The Kier molecular flexibility index (Phi) is 1.57. The van der Waals surface area contributed by atoms with Crippen LogP contribution >= 0.6 is 0 Å². The van der Waals surface area contributed by atoms with Gasteiger partial charge < -0.3 is 9.30 Å². The summed E-state index contributed by atoms with van der Waals surface area (Å²) < 4.78 is 7.57. The Morgan fingerprint density at radius 1 is 1.29 bits per heavy atom. The summed E-state index contributed by atoms with van der Waals surface area (Å²) in [6.07, 6.45) is 4.84. The van der Waals surface area contributed by atoms with E-state index in [1.54, 1.807) is 7.11 Å². The third-order valence-electron chi connectivity index (χ3n) is 2.87. The van der Waals surface area contributed by atoms with Crippen molar-refractivity contribution in [3.05, 3.63) is 30.5 Å². The Bertz CT molecular complexity index is 468. The average Bonchev–Trinajstić information content (AvgIpc) is 2.98. The third-order valence-corrected chi connectivity index (χ3v) is 2.87. The Morgan fingerprint density at radius 3 is 2.86 bits per heavy atom. The highest BCUT2D eigenvalue weighted by molar-refractivity contribution is 5.81. The zero-order valence-electron chi connectivity index (χ0n) is 8.23. The van der Waals surface area contributed by atoms with Crippen molar-refractivity contribution in [2.24, 2.45) is 0 Å². The van der Waals surface area contributed by atoms with E-state index in [0.717, 1.165) is 11.8 Å². The lowest BCUT2D eigenvalue weighted by atomic mass is 10.2. The molecule has 0 amide bonds. The molecule has 0 radical (unpaired) electrons. The SMILES string of the molecule is COc1ccc2c(ccn2C2CC2)c1. The summed E-state index contributed by atoms with van der Waals surface area (Å²) in [5.41, 5.74) is 1.33. The van der Waals surface area contributed by atoms with Crippen molar-refractivity contribution in [1.29, 1.82) is 0 Å². The molecule has 1 aromatic carbocycles. The van der Waals surface area contributed by atoms with Crippen LogP contribution in [0.4, 0.5) is 0 Å². The van der Waals surface area contributed by atoms with E-state index in [9.17, 15) is 0 Å². The van der Waals surface area contributed by atoms with Gasteiger partial charge in [0, 0.05) is 23.1 Å². The Labute approximate surface area is 83.1 Å². The smallest absolute Gasteiger partial charge is 0.119 e. The van der Waals surface area contributed by atoms with Gasteiger partial charge in [-0.3, -0.25) is 0 Å². The molecule has 14 heavy (non-hydrogen) atoms. The Hall–Kier alpha value is -1.44. The fourth-order valence-electron chi connectivity index (χ4n) is 1.94. The van der Waals surface area contributed by atoms with Gasteiger partial charge in [0.1, 0.15) is 5.75 Å². The van der Waals surface area contributed by atoms with Crippen LogP contribution in [-0.4, -0.2) is 11.7 Å².